The van der Waals surface area contributed by atoms with Crippen molar-refractivity contribution < 1.29 is 42.6 Å². The van der Waals surface area contributed by atoms with Gasteiger partial charge >= 0.3 is 11.9 Å². The van der Waals surface area contributed by atoms with Crippen molar-refractivity contribution >= 4 is 60.7 Å². The van der Waals surface area contributed by atoms with Crippen LogP contribution in [0.15, 0.2) is 25.3 Å². The zero-order valence-electron chi connectivity index (χ0n) is 34.1. The van der Waals surface area contributed by atoms with Crippen molar-refractivity contribution in [3.8, 4) is 6.07 Å². The third kappa shape index (κ3) is 13.8. The number of nitrogens with zero attached hydrogens (tertiary/aromatic N) is 9. The van der Waals surface area contributed by atoms with Crippen molar-refractivity contribution in [3.63, 3.8) is 0 Å². The molecule has 0 bridgehead atoms. The van der Waals surface area contributed by atoms with Gasteiger partial charge in [0, 0.05) is 0 Å². The number of carbonyl (C=O) groups excluding carboxylic acids is 2. The fourth-order valence-electron chi connectivity index (χ4n) is 5.25. The molecule has 0 aliphatic carbocycles. The van der Waals surface area contributed by atoms with Crippen LogP contribution in [0, 0.1) is 11.3 Å². The number of fused-ring (bicyclic) bond motifs is 2. The molecule has 0 aliphatic heterocycles. The smallest absolute Gasteiger partial charge is 0.326 e. The molecule has 0 saturated carbocycles. The molecule has 24 heteroatoms. The second kappa shape index (κ2) is 20.9. The predicted molar refractivity (Wildman–Crippen MR) is 215 cm³/mol. The minimum atomic E-state index is -3.94. The summed E-state index contributed by atoms with van der Waals surface area (Å²) in [5, 5.41) is 14.4. The third-order valence-corrected chi connectivity index (χ3v) is 11.6. The van der Waals surface area contributed by atoms with Crippen molar-refractivity contribution in [2.45, 2.75) is 105 Å². The van der Waals surface area contributed by atoms with Crippen LogP contribution in [0.5, 0.6) is 0 Å². The van der Waals surface area contributed by atoms with Gasteiger partial charge in [0.05, 0.1) is 57.2 Å². The SMILES string of the molecule is CCCOC(=O)C(C)(C)NP(=O)(CC#N)CO[C@H](C)Cn1cnc2c(N)ncnc21.CCCOC(=O)C(C)(C)NP(=O)(O)CO[C@H](C)Cn1cnc2c(N)ncnc21. The molecule has 320 valence electrons. The largest absolute Gasteiger partial charge is 0.464 e. The Hall–Kier alpha value is -4.61. The Balaban J connectivity index is 0.000000311. The van der Waals surface area contributed by atoms with E-state index in [2.05, 4.69) is 40.1 Å². The van der Waals surface area contributed by atoms with Gasteiger partial charge < -0.3 is 49.0 Å². The number of nitrogens with one attached hydrogen (secondary N) is 2. The molecule has 2 unspecified atom stereocenters. The summed E-state index contributed by atoms with van der Waals surface area (Å²) in [7, 11) is -7.27. The van der Waals surface area contributed by atoms with Crippen LogP contribution in [0.3, 0.4) is 0 Å². The molecule has 0 saturated heterocycles. The van der Waals surface area contributed by atoms with Crippen LogP contribution in [0.25, 0.3) is 22.3 Å². The van der Waals surface area contributed by atoms with Crippen LogP contribution >= 0.6 is 14.8 Å². The fourth-order valence-corrected chi connectivity index (χ4v) is 8.81. The number of nitrogen functional groups attached to an aromatic ring is 2. The molecule has 4 atom stereocenters. The lowest BCUT2D eigenvalue weighted by molar-refractivity contribution is -0.150. The summed E-state index contributed by atoms with van der Waals surface area (Å²) in [6.07, 6.45) is 5.42. The van der Waals surface area contributed by atoms with E-state index in [0.717, 1.165) is 0 Å². The van der Waals surface area contributed by atoms with E-state index in [1.807, 2.05) is 19.9 Å². The Bertz CT molecular complexity index is 2140. The van der Waals surface area contributed by atoms with E-state index in [1.54, 1.807) is 49.5 Å². The fraction of sp³-hybridized carbons (Fsp3) is 0.618. The van der Waals surface area contributed by atoms with Crippen LogP contribution in [0.1, 0.15) is 68.2 Å². The first-order valence-electron chi connectivity index (χ1n) is 18.4. The lowest BCUT2D eigenvalue weighted by Gasteiger charge is -2.29. The topological polar surface area (TPSA) is 313 Å². The number of esters is 2. The number of anilines is 2. The van der Waals surface area contributed by atoms with Crippen molar-refractivity contribution in [2.24, 2.45) is 0 Å². The average Bonchev–Trinajstić information content (AvgIpc) is 3.76. The summed E-state index contributed by atoms with van der Waals surface area (Å²) >= 11 is 0. The van der Waals surface area contributed by atoms with E-state index in [1.165, 1.54) is 26.5 Å². The Labute approximate surface area is 336 Å². The summed E-state index contributed by atoms with van der Waals surface area (Å²) in [4.78, 5) is 58.9. The van der Waals surface area contributed by atoms with Gasteiger partial charge in [-0.2, -0.15) is 5.26 Å². The van der Waals surface area contributed by atoms with Crippen LogP contribution in [0.2, 0.25) is 0 Å². The van der Waals surface area contributed by atoms with Gasteiger partial charge in [0.2, 0.25) is 0 Å². The van der Waals surface area contributed by atoms with Gasteiger partial charge in [0.15, 0.2) is 30.2 Å². The molecule has 22 nitrogen and oxygen atoms in total. The van der Waals surface area contributed by atoms with E-state index >= 15 is 0 Å². The molecule has 0 aromatic carbocycles. The van der Waals surface area contributed by atoms with Gasteiger partial charge in [-0.05, 0) is 54.4 Å². The number of carbonyl (C=O) groups is 2. The van der Waals surface area contributed by atoms with Gasteiger partial charge in [0.1, 0.15) is 53.6 Å². The minimum absolute atomic E-state index is 0.212. The van der Waals surface area contributed by atoms with Crippen molar-refractivity contribution in [1.82, 2.24) is 49.2 Å². The summed E-state index contributed by atoms with van der Waals surface area (Å²) in [5.74, 6) is -0.567. The number of nitriles is 1. The molecule has 7 N–H and O–H groups in total. The van der Waals surface area contributed by atoms with Crippen molar-refractivity contribution in [3.05, 3.63) is 25.3 Å². The lowest BCUT2D eigenvalue weighted by Crippen LogP contribution is -2.47. The minimum Gasteiger partial charge on any atom is -0.464 e. The molecule has 0 radical (unpaired) electrons. The van der Waals surface area contributed by atoms with Crippen molar-refractivity contribution in [2.75, 3.05) is 43.5 Å². The van der Waals surface area contributed by atoms with E-state index in [4.69, 9.17) is 35.7 Å². The molecule has 4 aromatic rings. The lowest BCUT2D eigenvalue weighted by atomic mass is 10.1. The van der Waals surface area contributed by atoms with E-state index in [9.17, 15) is 23.6 Å². The predicted octanol–water partition coefficient (Wildman–Crippen LogP) is 3.17. The highest BCUT2D eigenvalue weighted by molar-refractivity contribution is 7.62. The molecule has 4 heterocycles. The van der Waals surface area contributed by atoms with Crippen LogP contribution in [0.4, 0.5) is 11.6 Å². The van der Waals surface area contributed by atoms with Crippen LogP contribution in [-0.4, -0.2) is 111 Å². The van der Waals surface area contributed by atoms with E-state index in [0.29, 0.717) is 48.3 Å². The highest BCUT2D eigenvalue weighted by atomic mass is 31.2. The molecule has 0 aliphatic rings. The molecule has 4 rings (SSSR count). The maximum absolute atomic E-state index is 13.2. The van der Waals surface area contributed by atoms with Gasteiger partial charge in [0.25, 0.3) is 7.52 Å². The maximum Gasteiger partial charge on any atom is 0.326 e. The quantitative estimate of drug-likeness (QED) is 0.0594. The van der Waals surface area contributed by atoms with Gasteiger partial charge in [-0.1, -0.05) is 13.8 Å². The van der Waals surface area contributed by atoms with Gasteiger partial charge in [-0.15, -0.1) is 0 Å². The highest BCUT2D eigenvalue weighted by Crippen LogP contribution is 2.43. The Morgan fingerprint density at radius 3 is 1.66 bits per heavy atom. The first-order chi connectivity index (χ1) is 27.2. The molecule has 4 aromatic heterocycles. The van der Waals surface area contributed by atoms with Gasteiger partial charge in [-0.3, -0.25) is 14.2 Å². The Morgan fingerprint density at radius 1 is 0.793 bits per heavy atom. The Morgan fingerprint density at radius 2 is 1.22 bits per heavy atom. The molecule has 0 spiro atoms. The zero-order valence-corrected chi connectivity index (χ0v) is 35.9. The van der Waals surface area contributed by atoms with Crippen molar-refractivity contribution in [1.29, 1.82) is 5.26 Å². The first-order valence-corrected chi connectivity index (χ1v) is 22.4. The molecule has 58 heavy (non-hydrogen) atoms. The average molecular weight is 852 g/mol. The Kier molecular flexibility index (Phi) is 17.2. The summed E-state index contributed by atoms with van der Waals surface area (Å²) in [6.45, 7) is 14.6. The molecule has 0 fully saturated rings. The molecule has 0 amide bonds. The number of hydrogen-bond acceptors (Lipinski definition) is 17. The number of ether oxygens (including phenoxy) is 4. The van der Waals surface area contributed by atoms with Gasteiger partial charge in [-0.25, -0.2) is 40.1 Å². The van der Waals surface area contributed by atoms with E-state index < -0.39 is 50.3 Å². The maximum atomic E-state index is 13.2. The normalized spacial score (nSPS) is 15.0. The first kappa shape index (κ1) is 47.8. The second-order valence-corrected chi connectivity index (χ2v) is 19.0. The summed E-state index contributed by atoms with van der Waals surface area (Å²) in [5.41, 5.74) is 11.1. The number of rotatable bonds is 21. The molecular formula is C34H55N13O9P2. The number of aromatic nitrogens is 8. The zero-order chi connectivity index (χ0) is 43.3. The summed E-state index contributed by atoms with van der Waals surface area (Å²) in [6, 6.07) is 1.91. The van der Waals surface area contributed by atoms with Crippen LogP contribution in [-0.2, 0) is 50.8 Å². The van der Waals surface area contributed by atoms with E-state index in [-0.39, 0.29) is 43.5 Å². The molecular weight excluding hydrogens is 796 g/mol. The number of nitrogens with two attached hydrogens (primary N) is 2. The number of imidazole rings is 2. The van der Waals surface area contributed by atoms with Crippen LogP contribution < -0.4 is 21.6 Å². The standard InChI is InChI=1S/C18H28N7O4P.C16H27N6O5P/c1-5-7-28-17(26)18(3,4)24-30(27,8-6-19)12-29-13(2)9-25-11-23-14-15(20)21-10-22-16(14)25;1-5-6-26-15(23)16(3,4)21-28(24,25)10-27-11(2)7-22-9-20-12-13(17)18-8-19-14(12)22/h10-11,13H,5,7-9,12H2,1-4H3,(H,24,27)(H2,20,21,22);8-9,11H,5-7,10H2,1-4H3,(H2,17,18,19)(H2,21,24,25)/t13-,30?;11-/m11/s1. The third-order valence-electron chi connectivity index (χ3n) is 8.03. The second-order valence-electron chi connectivity index (χ2n) is 14.5. The number of hydrogen-bond donors (Lipinski definition) is 5. The highest BCUT2D eigenvalue weighted by Gasteiger charge is 2.38. The monoisotopic (exact) mass is 851 g/mol. The summed E-state index contributed by atoms with van der Waals surface area (Å²) < 4.78 is 50.6.